The van der Waals surface area contributed by atoms with Gasteiger partial charge in [-0.15, -0.1) is 0 Å². The van der Waals surface area contributed by atoms with Gasteiger partial charge in [-0.2, -0.15) is 9.67 Å². The van der Waals surface area contributed by atoms with Gasteiger partial charge in [0.25, 0.3) is 11.6 Å². The number of carbonyl (C=O) groups excluding carboxylic acids is 2. The second kappa shape index (κ2) is 9.72. The van der Waals surface area contributed by atoms with Crippen molar-refractivity contribution < 1.29 is 19.3 Å². The maximum atomic E-state index is 14.1. The minimum absolute atomic E-state index is 0.120. The molecule has 1 aromatic carbocycles. The molecule has 5 rings (SSSR count). The third kappa shape index (κ3) is 4.02. The Labute approximate surface area is 211 Å². The summed E-state index contributed by atoms with van der Waals surface area (Å²) in [5, 5.41) is 18.5. The molecule has 0 spiro atoms. The molecule has 2 amide bonds. The molecule has 186 valence electrons. The largest absolute Gasteiger partial charge is 0.858 e. The molecule has 0 atom stereocenters. The highest BCUT2D eigenvalue weighted by atomic mass is 16.3. The lowest BCUT2D eigenvalue weighted by molar-refractivity contribution is -0.577. The summed E-state index contributed by atoms with van der Waals surface area (Å²) in [7, 11) is 0. The van der Waals surface area contributed by atoms with E-state index in [0.717, 1.165) is 44.1 Å². The lowest BCUT2D eigenvalue weighted by atomic mass is 9.94. The minimum Gasteiger partial charge on any atom is -0.858 e. The number of benzene rings is 1. The molecule has 1 aliphatic carbocycles. The third-order valence-corrected chi connectivity index (χ3v) is 7.26. The maximum absolute atomic E-state index is 14.1. The molecule has 0 saturated heterocycles. The number of hydrogen-bond acceptors (Lipinski definition) is 4. The van der Waals surface area contributed by atoms with Gasteiger partial charge in [-0.3, -0.25) is 14.5 Å². The quantitative estimate of drug-likeness (QED) is 0.391. The van der Waals surface area contributed by atoms with E-state index in [1.807, 2.05) is 68.7 Å². The van der Waals surface area contributed by atoms with Crippen LogP contribution in [0.25, 0.3) is 17.0 Å². The lowest BCUT2D eigenvalue weighted by Gasteiger charge is -2.29. The van der Waals surface area contributed by atoms with Gasteiger partial charge in [0.2, 0.25) is 0 Å². The molecule has 0 unspecified atom stereocenters. The van der Waals surface area contributed by atoms with E-state index in [2.05, 4.69) is 12.0 Å². The number of hydrogen-bond donors (Lipinski definition) is 0. The van der Waals surface area contributed by atoms with Crippen LogP contribution in [0.5, 0.6) is 5.88 Å². The Morgan fingerprint density at radius 3 is 2.28 bits per heavy atom. The Balaban J connectivity index is 1.74. The predicted molar refractivity (Wildman–Crippen MR) is 135 cm³/mol. The highest BCUT2D eigenvalue weighted by Crippen LogP contribution is 2.41. The SMILES string of the molecule is CCc1cc[n+](C2=C(c3c(C(C)C)nn(-c4ccccc4)c3[O-])C(=O)N(C3CCCCC3)C2=O)cc1. The van der Waals surface area contributed by atoms with Gasteiger partial charge >= 0.3 is 5.91 Å². The summed E-state index contributed by atoms with van der Waals surface area (Å²) in [5.41, 5.74) is 2.90. The molecule has 7 nitrogen and oxygen atoms in total. The average Bonchev–Trinajstić information content (AvgIpc) is 3.37. The minimum atomic E-state index is -0.388. The van der Waals surface area contributed by atoms with Crippen LogP contribution < -0.4 is 9.67 Å². The molecular formula is C29H32N4O3. The maximum Gasteiger partial charge on any atom is 0.327 e. The van der Waals surface area contributed by atoms with Crippen LogP contribution in [-0.2, 0) is 16.0 Å². The fraction of sp³-hybridized carbons (Fsp3) is 0.379. The van der Waals surface area contributed by atoms with Gasteiger partial charge in [0.1, 0.15) is 5.57 Å². The van der Waals surface area contributed by atoms with Gasteiger partial charge in [-0.05, 0) is 48.8 Å². The molecule has 1 fully saturated rings. The molecular weight excluding hydrogens is 452 g/mol. The van der Waals surface area contributed by atoms with Crippen molar-refractivity contribution in [1.82, 2.24) is 14.7 Å². The topological polar surface area (TPSA) is 82.1 Å². The van der Waals surface area contributed by atoms with Crippen molar-refractivity contribution in [3.63, 3.8) is 0 Å². The van der Waals surface area contributed by atoms with Crippen LogP contribution in [0.3, 0.4) is 0 Å². The van der Waals surface area contributed by atoms with E-state index in [0.29, 0.717) is 11.4 Å². The highest BCUT2D eigenvalue weighted by molar-refractivity contribution is 6.45. The molecule has 0 N–H and O–H groups in total. The van der Waals surface area contributed by atoms with Crippen LogP contribution >= 0.6 is 0 Å². The molecule has 36 heavy (non-hydrogen) atoms. The number of aromatic nitrogens is 3. The zero-order valence-corrected chi connectivity index (χ0v) is 21.1. The zero-order chi connectivity index (χ0) is 25.4. The van der Waals surface area contributed by atoms with Crippen LogP contribution in [0, 0.1) is 0 Å². The summed E-state index contributed by atoms with van der Waals surface area (Å²) < 4.78 is 3.04. The van der Waals surface area contributed by atoms with Crippen molar-refractivity contribution in [1.29, 1.82) is 0 Å². The number of rotatable bonds is 6. The summed E-state index contributed by atoms with van der Waals surface area (Å²) in [6.45, 7) is 5.96. The van der Waals surface area contributed by atoms with E-state index in [1.165, 1.54) is 9.58 Å². The van der Waals surface area contributed by atoms with E-state index < -0.39 is 0 Å². The van der Waals surface area contributed by atoms with Gasteiger partial charge in [0.05, 0.1) is 11.4 Å². The van der Waals surface area contributed by atoms with Crippen molar-refractivity contribution >= 4 is 23.1 Å². The number of amides is 2. The van der Waals surface area contributed by atoms with E-state index in [1.54, 1.807) is 4.57 Å². The Kier molecular flexibility index (Phi) is 6.48. The van der Waals surface area contributed by atoms with Crippen LogP contribution in [0.4, 0.5) is 0 Å². The number of carbonyl (C=O) groups is 2. The van der Waals surface area contributed by atoms with E-state index in [4.69, 9.17) is 0 Å². The van der Waals surface area contributed by atoms with Gasteiger partial charge in [-0.25, -0.2) is 4.68 Å². The number of pyridine rings is 1. The van der Waals surface area contributed by atoms with Gasteiger partial charge < -0.3 is 5.11 Å². The molecule has 3 heterocycles. The number of para-hydroxylation sites is 1. The molecule has 7 heteroatoms. The number of nitrogens with zero attached hydrogens (tertiary/aromatic N) is 4. The second-order valence-electron chi connectivity index (χ2n) is 9.93. The normalized spacial score (nSPS) is 17.1. The molecule has 0 radical (unpaired) electrons. The first-order chi connectivity index (χ1) is 17.4. The first-order valence-corrected chi connectivity index (χ1v) is 12.9. The Morgan fingerprint density at radius 2 is 1.67 bits per heavy atom. The monoisotopic (exact) mass is 484 g/mol. The smallest absolute Gasteiger partial charge is 0.327 e. The molecule has 1 saturated carbocycles. The number of imide groups is 1. The summed E-state index contributed by atoms with van der Waals surface area (Å²) >= 11 is 0. The zero-order valence-electron chi connectivity index (χ0n) is 21.1. The van der Waals surface area contributed by atoms with Crippen molar-refractivity contribution in [2.45, 2.75) is 71.3 Å². The first-order valence-electron chi connectivity index (χ1n) is 12.9. The molecule has 1 aliphatic heterocycles. The lowest BCUT2D eigenvalue weighted by Crippen LogP contribution is -2.45. The number of aryl methyl sites for hydroxylation is 1. The first kappa shape index (κ1) is 24.0. The van der Waals surface area contributed by atoms with E-state index in [9.17, 15) is 14.7 Å². The summed E-state index contributed by atoms with van der Waals surface area (Å²) in [4.78, 5) is 29.4. The van der Waals surface area contributed by atoms with E-state index >= 15 is 0 Å². The van der Waals surface area contributed by atoms with Crippen LogP contribution in [-0.4, -0.2) is 32.5 Å². The van der Waals surface area contributed by atoms with Gasteiger partial charge in [0.15, 0.2) is 12.4 Å². The molecule has 2 aromatic heterocycles. The fourth-order valence-electron chi connectivity index (χ4n) is 5.31. The summed E-state index contributed by atoms with van der Waals surface area (Å²) in [6.07, 6.45) is 9.15. The highest BCUT2D eigenvalue weighted by Gasteiger charge is 2.49. The fourth-order valence-corrected chi connectivity index (χ4v) is 5.31. The predicted octanol–water partition coefficient (Wildman–Crippen LogP) is 3.99. The van der Waals surface area contributed by atoms with Crippen molar-refractivity contribution in [3.8, 4) is 11.6 Å². The molecule has 0 bridgehead atoms. The molecule has 2 aliphatic rings. The van der Waals surface area contributed by atoms with E-state index in [-0.39, 0.29) is 46.5 Å². The Bertz CT molecular complexity index is 1320. The standard InChI is InChI=1S/C29H32N4O3/c1-4-20-15-17-31(18-16-20)26-24(27(34)32(29(26)36)21-11-7-5-8-12-21)23-25(19(2)3)30-33(28(23)35)22-13-9-6-10-14-22/h6,9-10,13-19,21H,4-5,7-8,11-12H2,1-3H3. The Hall–Kier alpha value is -3.74. The van der Waals surface area contributed by atoms with Crippen molar-refractivity contribution in [3.05, 3.63) is 71.7 Å². The summed E-state index contributed by atoms with van der Waals surface area (Å²) in [6, 6.07) is 12.9. The van der Waals surface area contributed by atoms with Gasteiger partial charge in [-0.1, -0.05) is 58.2 Å². The van der Waals surface area contributed by atoms with Crippen LogP contribution in [0.2, 0.25) is 0 Å². The van der Waals surface area contributed by atoms with Crippen molar-refractivity contribution in [2.75, 3.05) is 0 Å². The van der Waals surface area contributed by atoms with Gasteiger partial charge in [0, 0.05) is 23.7 Å². The van der Waals surface area contributed by atoms with Crippen molar-refractivity contribution in [2.24, 2.45) is 0 Å². The molecule has 3 aromatic rings. The summed E-state index contributed by atoms with van der Waals surface area (Å²) in [5.74, 6) is -1.22. The van der Waals surface area contributed by atoms with Crippen LogP contribution in [0.15, 0.2) is 54.9 Å². The van der Waals surface area contributed by atoms with Crippen LogP contribution in [0.1, 0.15) is 75.6 Å². The average molecular weight is 485 g/mol. The second-order valence-corrected chi connectivity index (χ2v) is 9.93. The third-order valence-electron chi connectivity index (χ3n) is 7.26. The Morgan fingerprint density at radius 1 is 1.00 bits per heavy atom.